The minimum Gasteiger partial charge on any atom is -0.388 e. The maximum Gasteiger partial charge on any atom is 0.156 e. The van der Waals surface area contributed by atoms with Crippen molar-refractivity contribution in [3.63, 3.8) is 0 Å². The van der Waals surface area contributed by atoms with Crippen LogP contribution in [0.3, 0.4) is 0 Å². The Bertz CT molecular complexity index is 445. The van der Waals surface area contributed by atoms with Crippen LogP contribution < -0.4 is 0 Å². The van der Waals surface area contributed by atoms with Gasteiger partial charge in [-0.25, -0.2) is 9.97 Å². The van der Waals surface area contributed by atoms with Crippen molar-refractivity contribution in [2.75, 3.05) is 0 Å². The molecule has 1 N–H and O–H groups in total. The van der Waals surface area contributed by atoms with Crippen molar-refractivity contribution >= 4 is 22.5 Å². The van der Waals surface area contributed by atoms with Crippen molar-refractivity contribution in [1.82, 2.24) is 9.97 Å². The first-order chi connectivity index (χ1) is 6.31. The number of benzene rings is 1. The SMILES string of the molecule is OCc1nc(Cl)c2ccccc2n1. The van der Waals surface area contributed by atoms with E-state index in [2.05, 4.69) is 9.97 Å². The summed E-state index contributed by atoms with van der Waals surface area (Å²) in [6, 6.07) is 7.42. The van der Waals surface area contributed by atoms with Crippen LogP contribution >= 0.6 is 11.6 Å². The summed E-state index contributed by atoms with van der Waals surface area (Å²) >= 11 is 5.88. The van der Waals surface area contributed by atoms with Gasteiger partial charge in [0.1, 0.15) is 11.8 Å². The zero-order chi connectivity index (χ0) is 9.26. The molecule has 0 aliphatic carbocycles. The Labute approximate surface area is 80.0 Å². The Morgan fingerprint density at radius 3 is 2.77 bits per heavy atom. The number of halogens is 1. The third-order valence-corrected chi connectivity index (χ3v) is 2.03. The molecule has 0 atom stereocenters. The van der Waals surface area contributed by atoms with Gasteiger partial charge in [0.2, 0.25) is 0 Å². The number of fused-ring (bicyclic) bond motifs is 1. The molecule has 2 aromatic rings. The molecule has 1 heterocycles. The lowest BCUT2D eigenvalue weighted by atomic mass is 10.2. The second-order valence-corrected chi connectivity index (χ2v) is 2.96. The Balaban J connectivity index is 2.77. The van der Waals surface area contributed by atoms with Crippen LogP contribution in [0, 0.1) is 0 Å². The Kier molecular flexibility index (Phi) is 2.12. The van der Waals surface area contributed by atoms with E-state index in [1.54, 1.807) is 0 Å². The zero-order valence-electron chi connectivity index (χ0n) is 6.74. The number of aliphatic hydroxyl groups is 1. The van der Waals surface area contributed by atoms with Gasteiger partial charge in [0, 0.05) is 5.39 Å². The van der Waals surface area contributed by atoms with Crippen molar-refractivity contribution in [2.24, 2.45) is 0 Å². The van der Waals surface area contributed by atoms with Crippen molar-refractivity contribution in [2.45, 2.75) is 6.61 Å². The summed E-state index contributed by atoms with van der Waals surface area (Å²) in [7, 11) is 0. The normalized spacial score (nSPS) is 10.6. The standard InChI is InChI=1S/C9H7ClN2O/c10-9-6-3-1-2-4-7(6)11-8(5-13)12-9/h1-4,13H,5H2. The average molecular weight is 195 g/mol. The van der Waals surface area contributed by atoms with Crippen LogP contribution in [-0.2, 0) is 6.61 Å². The summed E-state index contributed by atoms with van der Waals surface area (Å²) in [5.41, 5.74) is 0.756. The fourth-order valence-corrected chi connectivity index (χ4v) is 1.41. The van der Waals surface area contributed by atoms with Crippen molar-refractivity contribution in [3.05, 3.63) is 35.2 Å². The van der Waals surface area contributed by atoms with Crippen LogP contribution in [0.1, 0.15) is 5.82 Å². The molecule has 2 rings (SSSR count). The zero-order valence-corrected chi connectivity index (χ0v) is 7.49. The molecular weight excluding hydrogens is 188 g/mol. The van der Waals surface area contributed by atoms with Gasteiger partial charge >= 0.3 is 0 Å². The lowest BCUT2D eigenvalue weighted by Crippen LogP contribution is -1.95. The van der Waals surface area contributed by atoms with E-state index in [1.807, 2.05) is 24.3 Å². The van der Waals surface area contributed by atoms with Crippen LogP contribution in [0.4, 0.5) is 0 Å². The lowest BCUT2D eigenvalue weighted by molar-refractivity contribution is 0.272. The van der Waals surface area contributed by atoms with Crippen LogP contribution in [0.15, 0.2) is 24.3 Å². The number of hydrogen-bond acceptors (Lipinski definition) is 3. The number of rotatable bonds is 1. The Morgan fingerprint density at radius 2 is 2.00 bits per heavy atom. The molecule has 0 radical (unpaired) electrons. The lowest BCUT2D eigenvalue weighted by Gasteiger charge is -2.00. The molecule has 1 aromatic heterocycles. The molecule has 4 heteroatoms. The predicted octanol–water partition coefficient (Wildman–Crippen LogP) is 1.78. The fourth-order valence-electron chi connectivity index (χ4n) is 1.15. The van der Waals surface area contributed by atoms with Gasteiger partial charge in [-0.1, -0.05) is 23.7 Å². The number of aromatic nitrogens is 2. The average Bonchev–Trinajstić information content (AvgIpc) is 2.18. The van der Waals surface area contributed by atoms with Crippen LogP contribution in [0.2, 0.25) is 5.15 Å². The number of hydrogen-bond donors (Lipinski definition) is 1. The van der Waals surface area contributed by atoms with Gasteiger partial charge < -0.3 is 5.11 Å². The number of para-hydroxylation sites is 1. The van der Waals surface area contributed by atoms with Gasteiger partial charge in [0.05, 0.1) is 5.52 Å². The van der Waals surface area contributed by atoms with E-state index in [1.165, 1.54) is 0 Å². The Morgan fingerprint density at radius 1 is 1.23 bits per heavy atom. The van der Waals surface area contributed by atoms with Gasteiger partial charge in [-0.15, -0.1) is 0 Å². The first-order valence-corrected chi connectivity index (χ1v) is 4.21. The van der Waals surface area contributed by atoms with Gasteiger partial charge in [0.15, 0.2) is 5.82 Å². The van der Waals surface area contributed by atoms with E-state index in [9.17, 15) is 0 Å². The van der Waals surface area contributed by atoms with E-state index in [0.717, 1.165) is 10.9 Å². The van der Waals surface area contributed by atoms with E-state index in [4.69, 9.17) is 16.7 Å². The molecule has 0 amide bonds. The Hall–Kier alpha value is -1.19. The monoisotopic (exact) mass is 194 g/mol. The minimum atomic E-state index is -0.190. The molecular formula is C9H7ClN2O. The maximum atomic E-state index is 8.84. The topological polar surface area (TPSA) is 46.0 Å². The van der Waals surface area contributed by atoms with E-state index >= 15 is 0 Å². The second kappa shape index (κ2) is 3.28. The summed E-state index contributed by atoms with van der Waals surface area (Å²) in [5.74, 6) is 0.351. The van der Waals surface area contributed by atoms with Gasteiger partial charge in [-0.2, -0.15) is 0 Å². The van der Waals surface area contributed by atoms with Crippen LogP contribution in [0.25, 0.3) is 10.9 Å². The summed E-state index contributed by atoms with van der Waals surface area (Å²) < 4.78 is 0. The minimum absolute atomic E-state index is 0.190. The molecule has 0 unspecified atom stereocenters. The molecule has 0 fully saturated rings. The molecule has 0 saturated heterocycles. The molecule has 0 aliphatic heterocycles. The molecule has 0 spiro atoms. The van der Waals surface area contributed by atoms with Crippen molar-refractivity contribution in [3.8, 4) is 0 Å². The third kappa shape index (κ3) is 1.48. The van der Waals surface area contributed by atoms with E-state index < -0.39 is 0 Å². The molecule has 66 valence electrons. The van der Waals surface area contributed by atoms with Gasteiger partial charge in [-0.05, 0) is 12.1 Å². The molecule has 0 bridgehead atoms. The summed E-state index contributed by atoms with van der Waals surface area (Å²) in [4.78, 5) is 8.03. The second-order valence-electron chi connectivity index (χ2n) is 2.61. The first-order valence-electron chi connectivity index (χ1n) is 3.83. The van der Waals surface area contributed by atoms with Gasteiger partial charge in [0.25, 0.3) is 0 Å². The quantitative estimate of drug-likeness (QED) is 0.704. The number of aliphatic hydroxyl groups excluding tert-OH is 1. The van der Waals surface area contributed by atoms with Crippen LogP contribution in [-0.4, -0.2) is 15.1 Å². The van der Waals surface area contributed by atoms with Crippen LogP contribution in [0.5, 0.6) is 0 Å². The first kappa shape index (κ1) is 8.41. The fraction of sp³-hybridized carbons (Fsp3) is 0.111. The highest BCUT2D eigenvalue weighted by Gasteiger charge is 2.03. The van der Waals surface area contributed by atoms with Gasteiger partial charge in [-0.3, -0.25) is 0 Å². The highest BCUT2D eigenvalue weighted by molar-refractivity contribution is 6.34. The smallest absolute Gasteiger partial charge is 0.156 e. The highest BCUT2D eigenvalue weighted by Crippen LogP contribution is 2.19. The summed E-state index contributed by atoms with van der Waals surface area (Å²) in [6.07, 6.45) is 0. The third-order valence-electron chi connectivity index (χ3n) is 1.74. The molecule has 13 heavy (non-hydrogen) atoms. The van der Waals surface area contributed by atoms with E-state index in [-0.39, 0.29) is 6.61 Å². The van der Waals surface area contributed by atoms with E-state index in [0.29, 0.717) is 11.0 Å². The molecule has 1 aromatic carbocycles. The number of nitrogens with zero attached hydrogens (tertiary/aromatic N) is 2. The van der Waals surface area contributed by atoms with Crippen molar-refractivity contribution < 1.29 is 5.11 Å². The molecule has 0 aliphatic rings. The maximum absolute atomic E-state index is 8.84. The largest absolute Gasteiger partial charge is 0.388 e. The highest BCUT2D eigenvalue weighted by atomic mass is 35.5. The van der Waals surface area contributed by atoms with Crippen molar-refractivity contribution in [1.29, 1.82) is 0 Å². The molecule has 3 nitrogen and oxygen atoms in total. The summed E-state index contributed by atoms with van der Waals surface area (Å²) in [6.45, 7) is -0.190. The molecule has 0 saturated carbocycles. The summed E-state index contributed by atoms with van der Waals surface area (Å²) in [5, 5.41) is 10.0. The predicted molar refractivity (Wildman–Crippen MR) is 50.5 cm³/mol.